The molecule has 0 N–H and O–H groups in total. The number of anilines is 1. The topological polar surface area (TPSA) is 37.4 Å². The van der Waals surface area contributed by atoms with Gasteiger partial charge in [-0.25, -0.2) is 0 Å². The Morgan fingerprint density at radius 2 is 1.59 bits per heavy atom. The summed E-state index contributed by atoms with van der Waals surface area (Å²) in [4.78, 5) is 22.9. The van der Waals surface area contributed by atoms with Crippen LogP contribution in [0.2, 0.25) is 0 Å². The number of rotatable bonds is 4. The molecule has 0 heterocycles. The molecule has 1 rings (SSSR count). The van der Waals surface area contributed by atoms with Gasteiger partial charge in [0.2, 0.25) is 5.43 Å². The number of hydrogen-bond acceptors (Lipinski definition) is 3. The average molecular weight is 273 g/mol. The Labute approximate surface area is 107 Å². The summed E-state index contributed by atoms with van der Waals surface area (Å²) in [5.74, 6) is 0. The Hall–Kier alpha value is -0.260. The first-order valence-corrected chi connectivity index (χ1v) is 6.81. The lowest BCUT2D eigenvalue weighted by Gasteiger charge is -2.48. The Balaban J connectivity index is 3.19. The maximum absolute atomic E-state index is 11.6. The quantitative estimate of drug-likeness (QED) is 0.617. The summed E-state index contributed by atoms with van der Waals surface area (Å²) >= 11 is 0. The molecule has 0 aromatic heterocycles. The third kappa shape index (κ3) is 2.09. The molecule has 96 valence electrons. The van der Waals surface area contributed by atoms with Gasteiger partial charge in [-0.3, -0.25) is 9.59 Å². The van der Waals surface area contributed by atoms with Gasteiger partial charge in [-0.15, -0.1) is 0 Å². The predicted octanol–water partition coefficient (Wildman–Crippen LogP) is 1.59. The van der Waals surface area contributed by atoms with Gasteiger partial charge in [0.05, 0.1) is 0 Å². The summed E-state index contributed by atoms with van der Waals surface area (Å²) in [6.07, 6.45) is 0.993. The second-order valence-electron chi connectivity index (χ2n) is 5.59. The molecule has 1 aromatic carbocycles. The van der Waals surface area contributed by atoms with Gasteiger partial charge in [-0.05, 0) is 35.1 Å². The van der Waals surface area contributed by atoms with Crippen LogP contribution < -0.4 is 20.8 Å². The van der Waals surface area contributed by atoms with E-state index in [1.165, 1.54) is 0 Å². The normalized spacial score (nSPS) is 13.1. The molecule has 3 nitrogen and oxygen atoms in total. The highest BCUT2D eigenvalue weighted by molar-refractivity contribution is 7.28. The molecule has 0 radical (unpaired) electrons. The van der Waals surface area contributed by atoms with Crippen LogP contribution >= 0.6 is 18.6 Å². The molecule has 2 atom stereocenters. The maximum atomic E-state index is 11.6. The summed E-state index contributed by atoms with van der Waals surface area (Å²) in [6, 6.07) is 0. The van der Waals surface area contributed by atoms with Gasteiger partial charge in [0, 0.05) is 10.8 Å². The van der Waals surface area contributed by atoms with E-state index in [0.717, 1.165) is 6.42 Å². The molecule has 0 aliphatic heterocycles. The summed E-state index contributed by atoms with van der Waals surface area (Å²) < 4.78 is 1.86. The molecule has 0 saturated carbocycles. The third-order valence-corrected chi connectivity index (χ3v) is 5.74. The summed E-state index contributed by atoms with van der Waals surface area (Å²) in [7, 11) is 4.94. The van der Waals surface area contributed by atoms with E-state index < -0.39 is 0 Å². The highest BCUT2D eigenvalue weighted by atomic mass is 31.0. The van der Waals surface area contributed by atoms with Crippen molar-refractivity contribution in [1.82, 2.24) is 0 Å². The standard InChI is InChI=1S/C12H21NO2P2/c1-6-11(2,3)12(4,5)13(17)7-8(14)9(15)10(7)16/h6,16-17H2,1-5H3. The Bertz CT molecular complexity index is 499. The number of nitrogens with zero attached hydrogens (tertiary/aromatic N) is 1. The summed E-state index contributed by atoms with van der Waals surface area (Å²) in [5.41, 5.74) is -0.449. The van der Waals surface area contributed by atoms with Crippen LogP contribution in [0.15, 0.2) is 9.59 Å². The van der Waals surface area contributed by atoms with Gasteiger partial charge in [-0.1, -0.05) is 30.0 Å². The van der Waals surface area contributed by atoms with Gasteiger partial charge in [0.1, 0.15) is 5.69 Å². The Kier molecular flexibility index (Phi) is 3.87. The molecule has 0 saturated heterocycles. The monoisotopic (exact) mass is 273 g/mol. The highest BCUT2D eigenvalue weighted by Crippen LogP contribution is 2.41. The smallest absolute Gasteiger partial charge is 0.250 e. The van der Waals surface area contributed by atoms with Crippen LogP contribution in [0.3, 0.4) is 0 Å². The van der Waals surface area contributed by atoms with E-state index in [0.29, 0.717) is 11.0 Å². The lowest BCUT2D eigenvalue weighted by molar-refractivity contribution is 0.201. The molecule has 0 aliphatic carbocycles. The van der Waals surface area contributed by atoms with Crippen molar-refractivity contribution in [2.24, 2.45) is 5.41 Å². The largest absolute Gasteiger partial charge is 0.346 e. The molecular weight excluding hydrogens is 252 g/mol. The van der Waals surface area contributed by atoms with Gasteiger partial charge < -0.3 is 4.67 Å². The molecular formula is C12H21NO2P2. The van der Waals surface area contributed by atoms with Crippen LogP contribution in [0.25, 0.3) is 0 Å². The van der Waals surface area contributed by atoms with E-state index >= 15 is 0 Å². The van der Waals surface area contributed by atoms with Crippen molar-refractivity contribution in [1.29, 1.82) is 0 Å². The van der Waals surface area contributed by atoms with Gasteiger partial charge in [0.15, 0.2) is 0 Å². The second-order valence-corrected chi connectivity index (χ2v) is 6.68. The first kappa shape index (κ1) is 14.8. The fourth-order valence-corrected chi connectivity index (χ4v) is 2.83. The predicted molar refractivity (Wildman–Crippen MR) is 81.0 cm³/mol. The fourth-order valence-electron chi connectivity index (χ4n) is 1.67. The molecule has 0 aliphatic rings. The Morgan fingerprint density at radius 1 is 1.12 bits per heavy atom. The summed E-state index contributed by atoms with van der Waals surface area (Å²) in [5, 5.41) is 0.491. The van der Waals surface area contributed by atoms with Crippen LogP contribution in [0.4, 0.5) is 5.69 Å². The van der Waals surface area contributed by atoms with Gasteiger partial charge in [0.25, 0.3) is 5.43 Å². The first-order valence-electron chi connectivity index (χ1n) is 5.71. The molecule has 0 amide bonds. The lowest BCUT2D eigenvalue weighted by Crippen LogP contribution is -2.57. The molecule has 0 bridgehead atoms. The zero-order valence-corrected chi connectivity index (χ0v) is 13.4. The fraction of sp³-hybridized carbons (Fsp3) is 0.667. The zero-order chi connectivity index (χ0) is 13.6. The zero-order valence-electron chi connectivity index (χ0n) is 11.1. The van der Waals surface area contributed by atoms with E-state index in [-0.39, 0.29) is 21.8 Å². The second kappa shape index (κ2) is 4.44. The minimum atomic E-state index is -0.387. The van der Waals surface area contributed by atoms with Crippen molar-refractivity contribution in [3.63, 3.8) is 0 Å². The van der Waals surface area contributed by atoms with Crippen LogP contribution in [0, 0.1) is 5.41 Å². The summed E-state index contributed by atoms with van der Waals surface area (Å²) in [6.45, 7) is 10.6. The highest BCUT2D eigenvalue weighted by Gasteiger charge is 2.41. The lowest BCUT2D eigenvalue weighted by atomic mass is 9.72. The van der Waals surface area contributed by atoms with Crippen LogP contribution in [0.1, 0.15) is 41.0 Å². The Morgan fingerprint density at radius 3 is 1.94 bits per heavy atom. The van der Waals surface area contributed by atoms with Crippen LogP contribution in [0.5, 0.6) is 0 Å². The van der Waals surface area contributed by atoms with E-state index in [2.05, 4.69) is 53.2 Å². The van der Waals surface area contributed by atoms with Gasteiger partial charge >= 0.3 is 0 Å². The molecule has 2 unspecified atom stereocenters. The minimum absolute atomic E-state index is 0.0333. The molecule has 1 aromatic rings. The van der Waals surface area contributed by atoms with Gasteiger partial charge in [-0.2, -0.15) is 0 Å². The minimum Gasteiger partial charge on any atom is -0.346 e. The van der Waals surface area contributed by atoms with Crippen molar-refractivity contribution in [2.75, 3.05) is 4.67 Å². The van der Waals surface area contributed by atoms with E-state index in [9.17, 15) is 9.59 Å². The SMILES string of the molecule is CCC(C)(C)C(C)(C)N(P)c1c(P)c(=O)c1=O. The van der Waals surface area contributed by atoms with E-state index in [1.54, 1.807) is 0 Å². The van der Waals surface area contributed by atoms with Crippen molar-refractivity contribution >= 4 is 29.6 Å². The van der Waals surface area contributed by atoms with Crippen molar-refractivity contribution in [2.45, 2.75) is 46.6 Å². The molecule has 5 heteroatoms. The van der Waals surface area contributed by atoms with E-state index in [4.69, 9.17) is 0 Å². The van der Waals surface area contributed by atoms with Crippen molar-refractivity contribution in [3.05, 3.63) is 20.4 Å². The molecule has 0 fully saturated rings. The number of hydrogen-bond donors (Lipinski definition) is 0. The van der Waals surface area contributed by atoms with Crippen LogP contribution in [-0.2, 0) is 0 Å². The van der Waals surface area contributed by atoms with Crippen molar-refractivity contribution < 1.29 is 0 Å². The van der Waals surface area contributed by atoms with Crippen molar-refractivity contribution in [3.8, 4) is 0 Å². The molecule has 17 heavy (non-hydrogen) atoms. The van der Waals surface area contributed by atoms with Crippen LogP contribution in [-0.4, -0.2) is 5.54 Å². The third-order valence-electron chi connectivity index (χ3n) is 4.30. The molecule has 0 spiro atoms. The maximum Gasteiger partial charge on any atom is 0.250 e. The first-order chi connectivity index (χ1) is 7.58. The average Bonchev–Trinajstić information content (AvgIpc) is 2.28. The van der Waals surface area contributed by atoms with E-state index in [1.807, 2.05) is 4.67 Å².